The predicted molar refractivity (Wildman–Crippen MR) is 80.1 cm³/mol. The van der Waals surface area contributed by atoms with Gasteiger partial charge in [0.2, 0.25) is 0 Å². The van der Waals surface area contributed by atoms with Gasteiger partial charge < -0.3 is 10.8 Å². The molecule has 1 rings (SSSR count). The van der Waals surface area contributed by atoms with Gasteiger partial charge in [0.15, 0.2) is 0 Å². The number of rotatable bonds is 6. The molecule has 0 aliphatic heterocycles. The first kappa shape index (κ1) is 15.5. The van der Waals surface area contributed by atoms with Crippen molar-refractivity contribution in [1.29, 1.82) is 0 Å². The first-order valence-corrected chi connectivity index (χ1v) is 7.42. The van der Waals surface area contributed by atoms with Crippen LogP contribution in [0, 0.1) is 19.8 Å². The molecule has 0 spiro atoms. The minimum Gasteiger partial charge on any atom is -0.395 e. The van der Waals surface area contributed by atoms with Gasteiger partial charge >= 0.3 is 0 Å². The molecule has 0 saturated carbocycles. The third-order valence-corrected chi connectivity index (χ3v) is 4.49. The lowest BCUT2D eigenvalue weighted by atomic mass is 10.0. The van der Waals surface area contributed by atoms with E-state index in [0.29, 0.717) is 5.92 Å². The molecule has 0 aromatic heterocycles. The fourth-order valence-electron chi connectivity index (χ4n) is 1.92. The van der Waals surface area contributed by atoms with E-state index in [0.717, 1.165) is 6.42 Å². The molecule has 102 valence electrons. The molecule has 3 N–H and O–H groups in total. The Bertz CT molecular complexity index is 379. The zero-order valence-corrected chi connectivity index (χ0v) is 12.6. The molecule has 2 atom stereocenters. The maximum Gasteiger partial charge on any atom is 0.0568 e. The van der Waals surface area contributed by atoms with Crippen molar-refractivity contribution < 1.29 is 5.11 Å². The molecule has 0 saturated heterocycles. The Balaban J connectivity index is 2.70. The second-order valence-electron chi connectivity index (χ2n) is 5.38. The topological polar surface area (TPSA) is 46.2 Å². The summed E-state index contributed by atoms with van der Waals surface area (Å²) < 4.78 is 0. The molecule has 0 amide bonds. The Labute approximate surface area is 115 Å². The zero-order chi connectivity index (χ0) is 13.7. The minimum atomic E-state index is 0.0432. The standard InChI is InChI=1S/C15H25NOS/c1-10(2)7-14(16)15(9-17)18-13-6-5-11(3)12(4)8-13/h5-6,8,10,14-15,17H,7,9,16H2,1-4H3. The molecular formula is C15H25NOS. The molecule has 0 bridgehead atoms. The first-order chi connectivity index (χ1) is 8.43. The van der Waals surface area contributed by atoms with Crippen molar-refractivity contribution in [2.24, 2.45) is 11.7 Å². The van der Waals surface area contributed by atoms with Crippen molar-refractivity contribution in [3.05, 3.63) is 29.3 Å². The predicted octanol–water partition coefficient (Wildman–Crippen LogP) is 3.13. The molecule has 0 radical (unpaired) electrons. The van der Waals surface area contributed by atoms with Gasteiger partial charge in [0, 0.05) is 16.2 Å². The van der Waals surface area contributed by atoms with E-state index >= 15 is 0 Å². The van der Waals surface area contributed by atoms with Crippen LogP contribution in [0.2, 0.25) is 0 Å². The van der Waals surface area contributed by atoms with E-state index in [9.17, 15) is 5.11 Å². The largest absolute Gasteiger partial charge is 0.395 e. The van der Waals surface area contributed by atoms with E-state index < -0.39 is 0 Å². The second-order valence-corrected chi connectivity index (χ2v) is 6.69. The molecule has 1 aromatic carbocycles. The summed E-state index contributed by atoms with van der Waals surface area (Å²) in [4.78, 5) is 1.19. The lowest BCUT2D eigenvalue weighted by Gasteiger charge is -2.23. The number of aliphatic hydroxyl groups excluding tert-OH is 1. The molecule has 3 heteroatoms. The molecule has 0 heterocycles. The summed E-state index contributed by atoms with van der Waals surface area (Å²) in [6.45, 7) is 8.68. The average molecular weight is 267 g/mol. The van der Waals surface area contributed by atoms with Crippen LogP contribution in [0.25, 0.3) is 0 Å². The lowest BCUT2D eigenvalue weighted by Crippen LogP contribution is -2.36. The minimum absolute atomic E-state index is 0.0432. The fourth-order valence-corrected chi connectivity index (χ4v) is 3.02. The number of nitrogens with two attached hydrogens (primary N) is 1. The van der Waals surface area contributed by atoms with Crippen LogP contribution in [-0.4, -0.2) is 23.0 Å². The van der Waals surface area contributed by atoms with Crippen molar-refractivity contribution in [1.82, 2.24) is 0 Å². The van der Waals surface area contributed by atoms with Crippen molar-refractivity contribution in [2.75, 3.05) is 6.61 Å². The summed E-state index contributed by atoms with van der Waals surface area (Å²) >= 11 is 1.69. The molecule has 18 heavy (non-hydrogen) atoms. The van der Waals surface area contributed by atoms with E-state index in [1.165, 1.54) is 16.0 Å². The molecule has 0 aliphatic carbocycles. The summed E-state index contributed by atoms with van der Waals surface area (Å²) in [6, 6.07) is 6.45. The van der Waals surface area contributed by atoms with Crippen LogP contribution >= 0.6 is 11.8 Å². The van der Waals surface area contributed by atoms with E-state index in [1.807, 2.05) is 0 Å². The van der Waals surface area contributed by atoms with Gasteiger partial charge in [-0.2, -0.15) is 0 Å². The van der Waals surface area contributed by atoms with Gasteiger partial charge in [-0.3, -0.25) is 0 Å². The van der Waals surface area contributed by atoms with E-state index in [4.69, 9.17) is 5.73 Å². The summed E-state index contributed by atoms with van der Waals surface area (Å²) in [5.74, 6) is 0.564. The van der Waals surface area contributed by atoms with E-state index in [2.05, 4.69) is 45.9 Å². The van der Waals surface area contributed by atoms with Gasteiger partial charge in [0.1, 0.15) is 0 Å². The van der Waals surface area contributed by atoms with Crippen LogP contribution < -0.4 is 5.73 Å². The van der Waals surface area contributed by atoms with E-state index in [-0.39, 0.29) is 17.9 Å². The van der Waals surface area contributed by atoms with Crippen LogP contribution in [0.15, 0.2) is 23.1 Å². The maximum absolute atomic E-state index is 9.49. The quantitative estimate of drug-likeness (QED) is 0.778. The molecule has 2 unspecified atom stereocenters. The number of aliphatic hydroxyl groups is 1. The van der Waals surface area contributed by atoms with Crippen molar-refractivity contribution in [2.45, 2.75) is 50.3 Å². The SMILES string of the molecule is Cc1ccc(SC(CO)C(N)CC(C)C)cc1C. The molecule has 0 aliphatic rings. The molecule has 1 aromatic rings. The smallest absolute Gasteiger partial charge is 0.0568 e. The average Bonchev–Trinajstić information content (AvgIpc) is 2.29. The van der Waals surface area contributed by atoms with Gasteiger partial charge in [0.05, 0.1) is 6.61 Å². The summed E-state index contributed by atoms with van der Waals surface area (Å²) in [7, 11) is 0. The number of benzene rings is 1. The highest BCUT2D eigenvalue weighted by atomic mass is 32.2. The third kappa shape index (κ3) is 4.63. The summed E-state index contributed by atoms with van der Waals surface area (Å²) in [5.41, 5.74) is 8.75. The van der Waals surface area contributed by atoms with Crippen LogP contribution in [0.1, 0.15) is 31.4 Å². The Morgan fingerprint density at radius 2 is 1.89 bits per heavy atom. The Hall–Kier alpha value is -0.510. The summed E-state index contributed by atoms with van der Waals surface area (Å²) in [5, 5.41) is 9.57. The second kappa shape index (κ2) is 7.17. The maximum atomic E-state index is 9.49. The first-order valence-electron chi connectivity index (χ1n) is 6.54. The van der Waals surface area contributed by atoms with Crippen LogP contribution in [-0.2, 0) is 0 Å². The Morgan fingerprint density at radius 1 is 1.22 bits per heavy atom. The van der Waals surface area contributed by atoms with Crippen LogP contribution in [0.4, 0.5) is 0 Å². The lowest BCUT2D eigenvalue weighted by molar-refractivity contribution is 0.275. The van der Waals surface area contributed by atoms with Crippen LogP contribution in [0.3, 0.4) is 0 Å². The number of hydrogen-bond donors (Lipinski definition) is 2. The fraction of sp³-hybridized carbons (Fsp3) is 0.600. The van der Waals surface area contributed by atoms with E-state index in [1.54, 1.807) is 11.8 Å². The van der Waals surface area contributed by atoms with Gasteiger partial charge in [-0.15, -0.1) is 11.8 Å². The highest BCUT2D eigenvalue weighted by Crippen LogP contribution is 2.28. The highest BCUT2D eigenvalue weighted by Gasteiger charge is 2.19. The monoisotopic (exact) mass is 267 g/mol. The van der Waals surface area contributed by atoms with Crippen molar-refractivity contribution in [3.8, 4) is 0 Å². The summed E-state index contributed by atoms with van der Waals surface area (Å²) in [6.07, 6.45) is 0.947. The molecular weight excluding hydrogens is 242 g/mol. The number of hydrogen-bond acceptors (Lipinski definition) is 3. The van der Waals surface area contributed by atoms with Crippen molar-refractivity contribution >= 4 is 11.8 Å². The normalized spacial score (nSPS) is 14.8. The van der Waals surface area contributed by atoms with Gasteiger partial charge in [-0.05, 0) is 49.4 Å². The Kier molecular flexibility index (Phi) is 6.19. The molecule has 2 nitrogen and oxygen atoms in total. The van der Waals surface area contributed by atoms with Crippen molar-refractivity contribution in [3.63, 3.8) is 0 Å². The number of thioether (sulfide) groups is 1. The highest BCUT2D eigenvalue weighted by molar-refractivity contribution is 8.00. The number of aryl methyl sites for hydroxylation is 2. The third-order valence-electron chi connectivity index (χ3n) is 3.17. The van der Waals surface area contributed by atoms with Gasteiger partial charge in [-0.25, -0.2) is 0 Å². The molecule has 0 fully saturated rings. The van der Waals surface area contributed by atoms with Crippen LogP contribution in [0.5, 0.6) is 0 Å². The van der Waals surface area contributed by atoms with Gasteiger partial charge in [-0.1, -0.05) is 19.9 Å². The zero-order valence-electron chi connectivity index (χ0n) is 11.8. The Morgan fingerprint density at radius 3 is 2.39 bits per heavy atom. The van der Waals surface area contributed by atoms with Gasteiger partial charge in [0.25, 0.3) is 0 Å².